The lowest BCUT2D eigenvalue weighted by molar-refractivity contribution is -0.144. The lowest BCUT2D eigenvalue weighted by atomic mass is 9.70. The largest absolute Gasteiger partial charge is 0.480 e. The predicted octanol–water partition coefficient (Wildman–Crippen LogP) is 6.59. The molecular formula is C42H49N5O6S. The van der Waals surface area contributed by atoms with Crippen molar-refractivity contribution in [2.24, 2.45) is 17.8 Å². The molecule has 1 heterocycles. The Morgan fingerprint density at radius 3 is 2.26 bits per heavy atom. The lowest BCUT2D eigenvalue weighted by Gasteiger charge is -2.35. The van der Waals surface area contributed by atoms with Crippen LogP contribution in [0.15, 0.2) is 90.1 Å². The van der Waals surface area contributed by atoms with Crippen LogP contribution in [0, 0.1) is 17.8 Å². The number of rotatable bonds is 15. The van der Waals surface area contributed by atoms with Crippen molar-refractivity contribution in [2.75, 3.05) is 19.6 Å². The normalized spacial score (nSPS) is 18.8. The fourth-order valence-corrected chi connectivity index (χ4v) is 9.15. The zero-order valence-electron chi connectivity index (χ0n) is 30.7. The van der Waals surface area contributed by atoms with Crippen LogP contribution in [0.25, 0.3) is 27.7 Å². The number of aromatic nitrogens is 2. The molecule has 0 aliphatic heterocycles. The minimum atomic E-state index is -4.03. The third kappa shape index (κ3) is 9.97. The average Bonchev–Trinajstić information content (AvgIpc) is 3.19. The number of hydrogen-bond donors (Lipinski definition) is 3. The number of hydrogen-bond acceptors (Lipinski definition) is 7. The number of fused-ring (bicyclic) bond motifs is 1. The fraction of sp³-hybridized carbons (Fsp3) is 0.405. The number of nitrogens with one attached hydrogen (secondary N) is 2. The molecule has 12 heteroatoms. The van der Waals surface area contributed by atoms with E-state index in [1.165, 1.54) is 56.6 Å². The van der Waals surface area contributed by atoms with E-state index in [0.717, 1.165) is 52.0 Å². The van der Waals surface area contributed by atoms with E-state index < -0.39 is 47.4 Å². The average molecular weight is 752 g/mol. The minimum Gasteiger partial charge on any atom is -0.480 e. The second kappa shape index (κ2) is 17.9. The molecule has 2 aliphatic carbocycles. The van der Waals surface area contributed by atoms with Crippen LogP contribution in [0.2, 0.25) is 0 Å². The molecule has 3 N–H and O–H groups in total. The maximum absolute atomic E-state index is 13.0. The zero-order valence-corrected chi connectivity index (χ0v) is 31.6. The molecule has 11 nitrogen and oxygen atoms in total. The van der Waals surface area contributed by atoms with Crippen molar-refractivity contribution < 1.29 is 27.9 Å². The molecule has 284 valence electrons. The molecule has 3 aromatic carbocycles. The summed E-state index contributed by atoms with van der Waals surface area (Å²) in [4.78, 5) is 47.6. The number of carboxylic acids is 1. The van der Waals surface area contributed by atoms with E-state index in [4.69, 9.17) is 0 Å². The number of amides is 2. The van der Waals surface area contributed by atoms with Gasteiger partial charge in [0.25, 0.3) is 0 Å². The maximum Gasteiger partial charge on any atom is 0.323 e. The first-order valence-corrected chi connectivity index (χ1v) is 20.4. The standard InChI is InChI=1S/C42H49N5O6S/c1-2-6-29-11-15-31(16-12-29)32-19-21-33(22-20-32)36-23-44-42(45-24-36)35-17-13-30(14-18-35)27-47(28-41(50)51)40(49)26-43-39(48)25-46-54(52,53)38-10-5-8-34-7-3-4-9-37(34)38/h3-5,7-10,13-14,17-18,21,23-24,29,31-32,46H,2,6,11-12,15-16,19-20,22,25-28H2,1H3,(H,43,48)(H,50,51)/t29-,31-,32?. The SMILES string of the molecule is CCC[C@H]1CC[C@H](C2CC=C(c3cnc(-c4ccc(CN(CC(=O)O)C(=O)CNC(=O)CNS(=O)(=O)c5cccc6ccccc56)cc4)nc3)CC2)CC1. The number of sulfonamides is 1. The second-order valence-corrected chi connectivity index (χ2v) is 16.3. The number of carboxylic acid groups (broad SMARTS) is 1. The van der Waals surface area contributed by atoms with Gasteiger partial charge in [-0.1, -0.05) is 99.3 Å². The van der Waals surface area contributed by atoms with Gasteiger partial charge in [0.05, 0.1) is 18.0 Å². The van der Waals surface area contributed by atoms with Gasteiger partial charge in [-0.3, -0.25) is 14.4 Å². The van der Waals surface area contributed by atoms with Gasteiger partial charge in [0.15, 0.2) is 5.82 Å². The van der Waals surface area contributed by atoms with E-state index in [-0.39, 0.29) is 11.4 Å². The van der Waals surface area contributed by atoms with E-state index in [0.29, 0.717) is 16.8 Å². The molecule has 0 saturated heterocycles. The molecule has 54 heavy (non-hydrogen) atoms. The van der Waals surface area contributed by atoms with Gasteiger partial charge in [0.2, 0.25) is 21.8 Å². The summed E-state index contributed by atoms with van der Waals surface area (Å²) < 4.78 is 28.2. The second-order valence-electron chi connectivity index (χ2n) is 14.5. The zero-order chi connectivity index (χ0) is 38.1. The van der Waals surface area contributed by atoms with Gasteiger partial charge in [0.1, 0.15) is 6.54 Å². The highest BCUT2D eigenvalue weighted by atomic mass is 32.2. The Labute approximate surface area is 317 Å². The Morgan fingerprint density at radius 2 is 1.57 bits per heavy atom. The number of allylic oxidation sites excluding steroid dienone is 2. The van der Waals surface area contributed by atoms with Crippen LogP contribution >= 0.6 is 0 Å². The highest BCUT2D eigenvalue weighted by molar-refractivity contribution is 7.89. The Kier molecular flexibility index (Phi) is 12.9. The molecule has 0 spiro atoms. The van der Waals surface area contributed by atoms with Gasteiger partial charge in [-0.25, -0.2) is 23.1 Å². The van der Waals surface area contributed by atoms with Crippen LogP contribution < -0.4 is 10.0 Å². The quantitative estimate of drug-likeness (QED) is 0.123. The highest BCUT2D eigenvalue weighted by Crippen LogP contribution is 2.42. The van der Waals surface area contributed by atoms with Crippen molar-refractivity contribution >= 4 is 44.2 Å². The maximum atomic E-state index is 13.0. The first kappa shape index (κ1) is 38.8. The monoisotopic (exact) mass is 751 g/mol. The first-order chi connectivity index (χ1) is 26.1. The number of carbonyl (C=O) groups excluding carboxylic acids is 2. The molecule has 1 atom stereocenters. The summed E-state index contributed by atoms with van der Waals surface area (Å²) in [5.74, 6) is 0.571. The van der Waals surface area contributed by atoms with Crippen molar-refractivity contribution in [3.63, 3.8) is 0 Å². The van der Waals surface area contributed by atoms with Gasteiger partial charge in [-0.15, -0.1) is 0 Å². The van der Waals surface area contributed by atoms with Crippen molar-refractivity contribution in [1.82, 2.24) is 24.9 Å². The fourth-order valence-electron chi connectivity index (χ4n) is 7.94. The summed E-state index contributed by atoms with van der Waals surface area (Å²) in [7, 11) is -4.03. The third-order valence-corrected chi connectivity index (χ3v) is 12.4. The topological polar surface area (TPSA) is 159 Å². The van der Waals surface area contributed by atoms with Gasteiger partial charge in [-0.05, 0) is 72.4 Å². The van der Waals surface area contributed by atoms with E-state index in [2.05, 4.69) is 33.0 Å². The Morgan fingerprint density at radius 1 is 0.852 bits per heavy atom. The van der Waals surface area contributed by atoms with Gasteiger partial charge >= 0.3 is 5.97 Å². The molecule has 1 unspecified atom stereocenters. The van der Waals surface area contributed by atoms with Crippen LogP contribution in [0.4, 0.5) is 0 Å². The van der Waals surface area contributed by atoms with E-state index >= 15 is 0 Å². The van der Waals surface area contributed by atoms with Crippen LogP contribution in [0.5, 0.6) is 0 Å². The van der Waals surface area contributed by atoms with Crippen molar-refractivity contribution in [1.29, 1.82) is 0 Å². The lowest BCUT2D eigenvalue weighted by Crippen LogP contribution is -2.44. The molecule has 1 aromatic heterocycles. The molecule has 1 saturated carbocycles. The molecular weight excluding hydrogens is 703 g/mol. The van der Waals surface area contributed by atoms with Crippen molar-refractivity contribution in [3.05, 3.63) is 96.3 Å². The molecule has 6 rings (SSSR count). The van der Waals surface area contributed by atoms with Crippen molar-refractivity contribution in [3.8, 4) is 11.4 Å². The molecule has 4 aromatic rings. The Hall–Kier alpha value is -4.94. The van der Waals surface area contributed by atoms with Crippen LogP contribution in [-0.4, -0.2) is 65.8 Å². The number of benzene rings is 3. The summed E-state index contributed by atoms with van der Waals surface area (Å²) in [6, 6.07) is 19.1. The summed E-state index contributed by atoms with van der Waals surface area (Å²) >= 11 is 0. The summed E-state index contributed by atoms with van der Waals surface area (Å²) in [6.45, 7) is 0.605. The molecule has 0 radical (unpaired) electrons. The van der Waals surface area contributed by atoms with Crippen LogP contribution in [0.1, 0.15) is 75.8 Å². The molecule has 2 amide bonds. The molecule has 1 fully saturated rings. The summed E-state index contributed by atoms with van der Waals surface area (Å²) in [6.07, 6.45) is 17.8. The first-order valence-electron chi connectivity index (χ1n) is 18.9. The smallest absolute Gasteiger partial charge is 0.323 e. The molecule has 2 aliphatic rings. The van der Waals surface area contributed by atoms with Crippen molar-refractivity contribution in [2.45, 2.75) is 76.2 Å². The van der Waals surface area contributed by atoms with Crippen LogP contribution in [-0.2, 0) is 31.0 Å². The predicted molar refractivity (Wildman–Crippen MR) is 208 cm³/mol. The number of nitrogens with zero attached hydrogens (tertiary/aromatic N) is 3. The van der Waals surface area contributed by atoms with Gasteiger partial charge in [0, 0.05) is 35.5 Å². The van der Waals surface area contributed by atoms with Gasteiger partial charge < -0.3 is 15.3 Å². The minimum absolute atomic E-state index is 0.00980. The number of aliphatic carboxylic acids is 1. The van der Waals surface area contributed by atoms with E-state index in [1.54, 1.807) is 48.5 Å². The molecule has 0 bridgehead atoms. The Bertz CT molecular complexity index is 2070. The van der Waals surface area contributed by atoms with Crippen LogP contribution in [0.3, 0.4) is 0 Å². The van der Waals surface area contributed by atoms with E-state index in [1.807, 2.05) is 24.5 Å². The Balaban J connectivity index is 0.991. The summed E-state index contributed by atoms with van der Waals surface area (Å²) in [5, 5.41) is 13.1. The van der Waals surface area contributed by atoms with Gasteiger partial charge in [-0.2, -0.15) is 0 Å². The highest BCUT2D eigenvalue weighted by Gasteiger charge is 2.29. The van der Waals surface area contributed by atoms with E-state index in [9.17, 15) is 27.9 Å². The third-order valence-electron chi connectivity index (χ3n) is 10.9. The number of carbonyl (C=O) groups is 3. The summed E-state index contributed by atoms with van der Waals surface area (Å²) in [5.41, 5.74) is 3.84.